The van der Waals surface area contributed by atoms with Crippen LogP contribution >= 0.6 is 0 Å². The number of nitrogens with zero attached hydrogens (tertiary/aromatic N) is 2. The molecule has 0 saturated carbocycles. The maximum atomic E-state index is 12.5. The van der Waals surface area contributed by atoms with Gasteiger partial charge < -0.3 is 15.1 Å². The van der Waals surface area contributed by atoms with E-state index in [4.69, 9.17) is 10.2 Å². The molecule has 2 N–H and O–H groups in total. The van der Waals surface area contributed by atoms with Crippen molar-refractivity contribution in [2.45, 2.75) is 6.92 Å². The Hall–Kier alpha value is -2.82. The zero-order valence-electron chi connectivity index (χ0n) is 11.8. The molecule has 0 saturated heterocycles. The molecule has 0 bridgehead atoms. The molecule has 5 nitrogen and oxygen atoms in total. The van der Waals surface area contributed by atoms with Crippen LogP contribution in [0.2, 0.25) is 0 Å². The van der Waals surface area contributed by atoms with Crippen molar-refractivity contribution in [3.05, 3.63) is 54.0 Å². The summed E-state index contributed by atoms with van der Waals surface area (Å²) in [6.45, 7) is 2.00. The summed E-state index contributed by atoms with van der Waals surface area (Å²) in [5.74, 6) is 0.0380. The van der Waals surface area contributed by atoms with Crippen LogP contribution in [0.3, 0.4) is 0 Å². The molecule has 0 atom stereocenters. The van der Waals surface area contributed by atoms with Crippen LogP contribution in [0.25, 0.3) is 11.0 Å². The number of hydrogen-bond acceptors (Lipinski definition) is 4. The van der Waals surface area contributed by atoms with Gasteiger partial charge in [-0.05, 0) is 31.2 Å². The lowest BCUT2D eigenvalue weighted by Crippen LogP contribution is -2.26. The van der Waals surface area contributed by atoms with Gasteiger partial charge in [-0.25, -0.2) is 0 Å². The first-order valence-electron chi connectivity index (χ1n) is 6.54. The van der Waals surface area contributed by atoms with Gasteiger partial charge in [0.1, 0.15) is 5.58 Å². The number of furan rings is 1. The second-order valence-electron chi connectivity index (χ2n) is 4.95. The Morgan fingerprint density at radius 3 is 2.86 bits per heavy atom. The number of anilines is 2. The number of aromatic nitrogens is 1. The van der Waals surface area contributed by atoms with Gasteiger partial charge in [-0.2, -0.15) is 0 Å². The van der Waals surface area contributed by atoms with Crippen LogP contribution in [0.15, 0.2) is 47.1 Å². The molecule has 1 amide bonds. The summed E-state index contributed by atoms with van der Waals surface area (Å²) in [5, 5.41) is 0.912. The Kier molecular flexibility index (Phi) is 3.10. The smallest absolute Gasteiger partial charge is 0.293 e. The van der Waals surface area contributed by atoms with Gasteiger partial charge in [0.15, 0.2) is 5.76 Å². The number of nitrogen functional groups attached to an aromatic ring is 1. The molecule has 0 unspecified atom stereocenters. The number of hydrogen-bond donors (Lipinski definition) is 1. The summed E-state index contributed by atoms with van der Waals surface area (Å²) in [6.07, 6.45) is 3.11. The molecule has 0 radical (unpaired) electrons. The predicted molar refractivity (Wildman–Crippen MR) is 82.3 cm³/mol. The van der Waals surface area contributed by atoms with Crippen LogP contribution in [-0.4, -0.2) is 17.9 Å². The zero-order chi connectivity index (χ0) is 15.0. The standard InChI is InChI=1S/C16H15N3O2/c1-10-3-4-14-11(7-10)8-15(21-14)16(20)19(2)13-5-6-18-9-12(13)17/h3-9H,17H2,1-2H3. The lowest BCUT2D eigenvalue weighted by Gasteiger charge is -2.17. The fraction of sp³-hybridized carbons (Fsp3) is 0.125. The topological polar surface area (TPSA) is 72.4 Å². The SMILES string of the molecule is Cc1ccc2oc(C(=O)N(C)c3ccncc3N)cc2c1. The number of fused-ring (bicyclic) bond motifs is 1. The minimum Gasteiger partial charge on any atom is -0.451 e. The molecular formula is C16H15N3O2. The minimum atomic E-state index is -0.248. The quantitative estimate of drug-likeness (QED) is 0.783. The molecule has 106 valence electrons. The third-order valence-electron chi connectivity index (χ3n) is 3.38. The van der Waals surface area contributed by atoms with Gasteiger partial charge in [0, 0.05) is 18.6 Å². The number of amides is 1. The van der Waals surface area contributed by atoms with Crippen LogP contribution in [0, 0.1) is 6.92 Å². The third kappa shape index (κ3) is 2.33. The third-order valence-corrected chi connectivity index (χ3v) is 3.38. The fourth-order valence-corrected chi connectivity index (χ4v) is 2.25. The largest absolute Gasteiger partial charge is 0.451 e. The van der Waals surface area contributed by atoms with Crippen molar-refractivity contribution in [3.8, 4) is 0 Å². The Balaban J connectivity index is 1.98. The number of rotatable bonds is 2. The van der Waals surface area contributed by atoms with E-state index in [9.17, 15) is 4.79 Å². The Bertz CT molecular complexity index is 823. The van der Waals surface area contributed by atoms with Crippen molar-refractivity contribution in [2.75, 3.05) is 17.7 Å². The first-order valence-corrected chi connectivity index (χ1v) is 6.54. The summed E-state index contributed by atoms with van der Waals surface area (Å²) in [7, 11) is 1.66. The van der Waals surface area contributed by atoms with Crippen molar-refractivity contribution in [2.24, 2.45) is 0 Å². The highest BCUT2D eigenvalue weighted by molar-refractivity contribution is 6.07. The zero-order valence-corrected chi connectivity index (χ0v) is 11.8. The molecule has 0 fully saturated rings. The number of carbonyl (C=O) groups is 1. The highest BCUT2D eigenvalue weighted by Gasteiger charge is 2.19. The van der Waals surface area contributed by atoms with Crippen molar-refractivity contribution in [3.63, 3.8) is 0 Å². The van der Waals surface area contributed by atoms with E-state index in [1.54, 1.807) is 25.4 Å². The van der Waals surface area contributed by atoms with E-state index >= 15 is 0 Å². The molecule has 1 aromatic carbocycles. The molecule has 0 aliphatic carbocycles. The van der Waals surface area contributed by atoms with Gasteiger partial charge >= 0.3 is 0 Å². The molecule has 3 aromatic rings. The Labute approximate surface area is 122 Å². The number of aryl methyl sites for hydroxylation is 1. The average molecular weight is 281 g/mol. The molecule has 2 heterocycles. The number of nitrogens with two attached hydrogens (primary N) is 1. The predicted octanol–water partition coefficient (Wildman–Crippen LogP) is 3.00. The van der Waals surface area contributed by atoms with Gasteiger partial charge in [-0.15, -0.1) is 0 Å². The van der Waals surface area contributed by atoms with E-state index in [0.29, 0.717) is 17.0 Å². The van der Waals surface area contributed by atoms with E-state index in [1.165, 1.54) is 11.1 Å². The average Bonchev–Trinajstić information content (AvgIpc) is 2.89. The van der Waals surface area contributed by atoms with Crippen LogP contribution in [0.1, 0.15) is 16.1 Å². The van der Waals surface area contributed by atoms with Crippen LogP contribution in [0.5, 0.6) is 0 Å². The molecule has 5 heteroatoms. The Morgan fingerprint density at radius 2 is 2.10 bits per heavy atom. The summed E-state index contributed by atoms with van der Waals surface area (Å²) in [6, 6.07) is 9.24. The summed E-state index contributed by atoms with van der Waals surface area (Å²) in [5.41, 5.74) is 8.71. The molecule has 21 heavy (non-hydrogen) atoms. The Morgan fingerprint density at radius 1 is 1.29 bits per heavy atom. The van der Waals surface area contributed by atoms with Gasteiger partial charge in [0.25, 0.3) is 5.91 Å². The molecule has 3 rings (SSSR count). The number of benzene rings is 1. The van der Waals surface area contributed by atoms with Gasteiger partial charge in [0.2, 0.25) is 0 Å². The molecule has 2 aromatic heterocycles. The summed E-state index contributed by atoms with van der Waals surface area (Å²) >= 11 is 0. The second-order valence-corrected chi connectivity index (χ2v) is 4.95. The first kappa shape index (κ1) is 13.2. The highest BCUT2D eigenvalue weighted by Crippen LogP contribution is 2.25. The van der Waals surface area contributed by atoms with Crippen LogP contribution < -0.4 is 10.6 Å². The molecule has 0 aliphatic heterocycles. The van der Waals surface area contributed by atoms with Crippen LogP contribution in [-0.2, 0) is 0 Å². The summed E-state index contributed by atoms with van der Waals surface area (Å²) in [4.78, 5) is 17.9. The molecule has 0 spiro atoms. The van der Waals surface area contributed by atoms with E-state index in [0.717, 1.165) is 10.9 Å². The minimum absolute atomic E-state index is 0.248. The van der Waals surface area contributed by atoms with Gasteiger partial charge in [0.05, 0.1) is 17.6 Å². The van der Waals surface area contributed by atoms with Crippen LogP contribution in [0.4, 0.5) is 11.4 Å². The van der Waals surface area contributed by atoms with Crippen molar-refractivity contribution >= 4 is 28.3 Å². The lowest BCUT2D eigenvalue weighted by molar-refractivity contribution is 0.0968. The van der Waals surface area contributed by atoms with Gasteiger partial charge in [-0.1, -0.05) is 11.6 Å². The lowest BCUT2D eigenvalue weighted by atomic mass is 10.2. The van der Waals surface area contributed by atoms with Gasteiger partial charge in [-0.3, -0.25) is 9.78 Å². The van der Waals surface area contributed by atoms with E-state index in [-0.39, 0.29) is 11.7 Å². The van der Waals surface area contributed by atoms with Crippen molar-refractivity contribution < 1.29 is 9.21 Å². The van der Waals surface area contributed by atoms with E-state index in [2.05, 4.69) is 4.98 Å². The normalized spacial score (nSPS) is 10.8. The number of carbonyl (C=O) groups excluding carboxylic acids is 1. The molecular weight excluding hydrogens is 266 g/mol. The molecule has 0 aliphatic rings. The maximum absolute atomic E-state index is 12.5. The fourth-order valence-electron chi connectivity index (χ4n) is 2.25. The maximum Gasteiger partial charge on any atom is 0.293 e. The number of pyridine rings is 1. The first-order chi connectivity index (χ1) is 10.1. The summed E-state index contributed by atoms with van der Waals surface area (Å²) < 4.78 is 5.62. The van der Waals surface area contributed by atoms with Crippen molar-refractivity contribution in [1.82, 2.24) is 4.98 Å². The highest BCUT2D eigenvalue weighted by atomic mass is 16.3. The van der Waals surface area contributed by atoms with E-state index in [1.807, 2.05) is 25.1 Å². The monoisotopic (exact) mass is 281 g/mol. The van der Waals surface area contributed by atoms with Crippen molar-refractivity contribution in [1.29, 1.82) is 0 Å². The van der Waals surface area contributed by atoms with E-state index < -0.39 is 0 Å². The second kappa shape index (κ2) is 4.94.